The summed E-state index contributed by atoms with van der Waals surface area (Å²) >= 11 is 0. The van der Waals surface area contributed by atoms with Gasteiger partial charge in [-0.2, -0.15) is 13.2 Å². The molecule has 2 N–H and O–H groups in total. The van der Waals surface area contributed by atoms with Gasteiger partial charge in [0.05, 0.1) is 11.8 Å². The molecule has 24 heavy (non-hydrogen) atoms. The molecule has 0 bridgehead atoms. The Morgan fingerprint density at radius 3 is 2.46 bits per heavy atom. The molecule has 1 aromatic carbocycles. The van der Waals surface area contributed by atoms with Crippen molar-refractivity contribution >= 4 is 0 Å². The van der Waals surface area contributed by atoms with Crippen molar-refractivity contribution in [2.45, 2.75) is 12.7 Å². The summed E-state index contributed by atoms with van der Waals surface area (Å²) < 4.78 is 39.7. The third-order valence-electron chi connectivity index (χ3n) is 3.99. The average Bonchev–Trinajstić information content (AvgIpc) is 2.55. The Morgan fingerprint density at radius 1 is 1.04 bits per heavy atom. The summed E-state index contributed by atoms with van der Waals surface area (Å²) in [4.78, 5) is 5.97. The Labute approximate surface area is 137 Å². The second kappa shape index (κ2) is 6.78. The van der Waals surface area contributed by atoms with Crippen molar-refractivity contribution in [1.29, 1.82) is 0 Å². The molecule has 2 heterocycles. The van der Waals surface area contributed by atoms with E-state index in [0.717, 1.165) is 32.2 Å². The molecule has 1 aliphatic rings. The maximum Gasteiger partial charge on any atom is 0.416 e. The molecule has 0 aliphatic carbocycles. The monoisotopic (exact) mass is 337 g/mol. The van der Waals surface area contributed by atoms with E-state index in [9.17, 15) is 18.3 Å². The fourth-order valence-corrected chi connectivity index (χ4v) is 2.83. The van der Waals surface area contributed by atoms with Gasteiger partial charge < -0.3 is 10.4 Å². The summed E-state index contributed by atoms with van der Waals surface area (Å²) in [7, 11) is 0. The minimum atomic E-state index is -4.42. The number of aromatic hydroxyl groups is 1. The van der Waals surface area contributed by atoms with Crippen molar-refractivity contribution in [1.82, 2.24) is 15.2 Å². The summed E-state index contributed by atoms with van der Waals surface area (Å²) in [6.07, 6.45) is -1.72. The summed E-state index contributed by atoms with van der Waals surface area (Å²) in [6.45, 7) is 3.74. The third kappa shape index (κ3) is 4.04. The van der Waals surface area contributed by atoms with E-state index < -0.39 is 11.7 Å². The van der Waals surface area contributed by atoms with Crippen molar-refractivity contribution in [3.05, 3.63) is 47.8 Å². The van der Waals surface area contributed by atoms with Gasteiger partial charge in [-0.05, 0) is 35.4 Å². The predicted octanol–water partition coefficient (Wildman–Crippen LogP) is 2.88. The van der Waals surface area contributed by atoms with Gasteiger partial charge in [-0.25, -0.2) is 0 Å². The number of aromatic nitrogens is 1. The first-order valence-electron chi connectivity index (χ1n) is 7.70. The Hall–Kier alpha value is -2.12. The van der Waals surface area contributed by atoms with E-state index in [-0.39, 0.29) is 5.75 Å². The van der Waals surface area contributed by atoms with Gasteiger partial charge in [-0.15, -0.1) is 0 Å². The van der Waals surface area contributed by atoms with Crippen LogP contribution in [0.3, 0.4) is 0 Å². The molecule has 128 valence electrons. The first-order chi connectivity index (χ1) is 11.4. The summed E-state index contributed by atoms with van der Waals surface area (Å²) in [5, 5.41) is 12.8. The van der Waals surface area contributed by atoms with Gasteiger partial charge >= 0.3 is 6.18 Å². The third-order valence-corrected chi connectivity index (χ3v) is 3.99. The van der Waals surface area contributed by atoms with Crippen LogP contribution in [0.4, 0.5) is 13.2 Å². The molecular weight excluding hydrogens is 319 g/mol. The van der Waals surface area contributed by atoms with Crippen molar-refractivity contribution in [3.63, 3.8) is 0 Å². The fraction of sp³-hybridized carbons (Fsp3) is 0.353. The summed E-state index contributed by atoms with van der Waals surface area (Å²) in [5.41, 5.74) is 0.777. The molecular formula is C17H18F3N3O. The minimum Gasteiger partial charge on any atom is -0.506 e. The number of hydrogen-bond acceptors (Lipinski definition) is 4. The van der Waals surface area contributed by atoms with E-state index in [2.05, 4.69) is 15.2 Å². The van der Waals surface area contributed by atoms with Crippen LogP contribution in [-0.2, 0) is 12.7 Å². The summed E-state index contributed by atoms with van der Waals surface area (Å²) in [5.74, 6) is -0.0754. The van der Waals surface area contributed by atoms with Gasteiger partial charge in [0.2, 0.25) is 0 Å². The summed E-state index contributed by atoms with van der Waals surface area (Å²) in [6, 6.07) is 5.43. The topological polar surface area (TPSA) is 48.4 Å². The van der Waals surface area contributed by atoms with E-state index in [4.69, 9.17) is 0 Å². The molecule has 0 amide bonds. The average molecular weight is 337 g/mol. The molecule has 1 saturated heterocycles. The highest BCUT2D eigenvalue weighted by atomic mass is 19.4. The van der Waals surface area contributed by atoms with Crippen LogP contribution >= 0.6 is 0 Å². The lowest BCUT2D eigenvalue weighted by Crippen LogP contribution is -2.42. The predicted molar refractivity (Wildman–Crippen MR) is 84.5 cm³/mol. The highest BCUT2D eigenvalue weighted by Gasteiger charge is 2.31. The highest BCUT2D eigenvalue weighted by molar-refractivity contribution is 5.65. The molecule has 1 aromatic heterocycles. The van der Waals surface area contributed by atoms with Gasteiger partial charge in [0.1, 0.15) is 5.75 Å². The normalized spacial score (nSPS) is 16.3. The van der Waals surface area contributed by atoms with Crippen LogP contribution in [0.2, 0.25) is 0 Å². The van der Waals surface area contributed by atoms with Crippen LogP contribution in [0.15, 0.2) is 36.7 Å². The number of nitrogens with zero attached hydrogens (tertiary/aromatic N) is 2. The van der Waals surface area contributed by atoms with Crippen LogP contribution in [0.5, 0.6) is 5.75 Å². The number of hydrogen-bond donors (Lipinski definition) is 2. The van der Waals surface area contributed by atoms with Crippen molar-refractivity contribution in [2.75, 3.05) is 26.2 Å². The molecule has 3 rings (SSSR count). The molecule has 1 aliphatic heterocycles. The molecule has 0 spiro atoms. The smallest absolute Gasteiger partial charge is 0.416 e. The SMILES string of the molecule is Oc1cncc(-c2cc(CN3CCNCC3)cc(C(F)(F)F)c2)c1. The second-order valence-corrected chi connectivity index (χ2v) is 5.87. The molecule has 0 atom stereocenters. The Morgan fingerprint density at radius 2 is 1.79 bits per heavy atom. The standard InChI is InChI=1S/C17H18F3N3O/c18-17(19,20)15-6-12(11-23-3-1-21-2-4-23)5-13(7-15)14-8-16(24)10-22-9-14/h5-10,21,24H,1-4,11H2. The first-order valence-corrected chi connectivity index (χ1v) is 7.70. The fourth-order valence-electron chi connectivity index (χ4n) is 2.83. The van der Waals surface area contributed by atoms with E-state index in [1.807, 2.05) is 0 Å². The van der Waals surface area contributed by atoms with Crippen molar-refractivity contribution in [3.8, 4) is 16.9 Å². The van der Waals surface area contributed by atoms with E-state index in [0.29, 0.717) is 23.2 Å². The van der Waals surface area contributed by atoms with Gasteiger partial charge in [-0.3, -0.25) is 9.88 Å². The highest BCUT2D eigenvalue weighted by Crippen LogP contribution is 2.34. The number of rotatable bonds is 3. The van der Waals surface area contributed by atoms with Crippen molar-refractivity contribution < 1.29 is 18.3 Å². The lowest BCUT2D eigenvalue weighted by atomic mass is 10.00. The maximum absolute atomic E-state index is 13.2. The maximum atomic E-state index is 13.2. The number of nitrogens with one attached hydrogen (secondary N) is 1. The zero-order chi connectivity index (χ0) is 17.2. The van der Waals surface area contributed by atoms with Gasteiger partial charge in [0.15, 0.2) is 0 Å². The Bertz CT molecular complexity index is 712. The molecule has 7 heteroatoms. The van der Waals surface area contributed by atoms with E-state index >= 15 is 0 Å². The lowest BCUT2D eigenvalue weighted by Gasteiger charge is -2.27. The van der Waals surface area contributed by atoms with Gasteiger partial charge in [-0.1, -0.05) is 0 Å². The quantitative estimate of drug-likeness (QED) is 0.904. The number of benzene rings is 1. The first kappa shape index (κ1) is 16.7. The largest absolute Gasteiger partial charge is 0.506 e. The molecule has 0 saturated carbocycles. The number of piperazine rings is 1. The van der Waals surface area contributed by atoms with E-state index in [1.165, 1.54) is 24.5 Å². The second-order valence-electron chi connectivity index (χ2n) is 5.87. The van der Waals surface area contributed by atoms with Crippen LogP contribution in [0, 0.1) is 0 Å². The zero-order valence-corrected chi connectivity index (χ0v) is 13.0. The van der Waals surface area contributed by atoms with Crippen LogP contribution in [-0.4, -0.2) is 41.2 Å². The van der Waals surface area contributed by atoms with Gasteiger partial charge in [0, 0.05) is 44.5 Å². The molecule has 2 aromatic rings. The molecule has 0 unspecified atom stereocenters. The van der Waals surface area contributed by atoms with Crippen LogP contribution < -0.4 is 5.32 Å². The Balaban J connectivity index is 1.97. The molecule has 1 fully saturated rings. The molecule has 4 nitrogen and oxygen atoms in total. The molecule has 0 radical (unpaired) electrons. The number of halogens is 3. The van der Waals surface area contributed by atoms with Crippen LogP contribution in [0.1, 0.15) is 11.1 Å². The lowest BCUT2D eigenvalue weighted by molar-refractivity contribution is -0.137. The zero-order valence-electron chi connectivity index (χ0n) is 13.0. The van der Waals surface area contributed by atoms with E-state index in [1.54, 1.807) is 6.07 Å². The number of alkyl halides is 3. The Kier molecular flexibility index (Phi) is 4.73. The van der Waals surface area contributed by atoms with Crippen LogP contribution in [0.25, 0.3) is 11.1 Å². The minimum absolute atomic E-state index is 0.0754. The van der Waals surface area contributed by atoms with Gasteiger partial charge in [0.25, 0.3) is 0 Å². The number of pyridine rings is 1. The van der Waals surface area contributed by atoms with Crippen molar-refractivity contribution in [2.24, 2.45) is 0 Å².